The van der Waals surface area contributed by atoms with E-state index in [1.807, 2.05) is 7.11 Å². The second kappa shape index (κ2) is 9.80. The van der Waals surface area contributed by atoms with Crippen molar-refractivity contribution >= 4 is 16.5 Å². The van der Waals surface area contributed by atoms with E-state index in [1.165, 1.54) is 23.1 Å². The van der Waals surface area contributed by atoms with Gasteiger partial charge in [0.2, 0.25) is 0 Å². The van der Waals surface area contributed by atoms with Gasteiger partial charge in [-0.25, -0.2) is 4.98 Å². The molecule has 0 spiro atoms. The van der Waals surface area contributed by atoms with E-state index in [9.17, 15) is 0 Å². The van der Waals surface area contributed by atoms with Gasteiger partial charge >= 0.3 is 0 Å². The maximum absolute atomic E-state index is 8.94. The number of aliphatic hydroxyl groups is 1. The Morgan fingerprint density at radius 1 is 1.03 bits per heavy atom. The number of hydrogen-bond donors (Lipinski definition) is 1. The van der Waals surface area contributed by atoms with Crippen molar-refractivity contribution < 1.29 is 9.84 Å². The molecule has 1 fully saturated rings. The highest BCUT2D eigenvalue weighted by Crippen LogP contribution is 2.47. The van der Waals surface area contributed by atoms with Crippen LogP contribution in [0.2, 0.25) is 0 Å². The fourth-order valence-electron chi connectivity index (χ4n) is 5.09. The van der Waals surface area contributed by atoms with Gasteiger partial charge in [-0.2, -0.15) is 0 Å². The lowest BCUT2D eigenvalue weighted by atomic mass is 9.67. The largest absolute Gasteiger partial charge is 0.396 e. The molecule has 1 aromatic carbocycles. The molecule has 2 aromatic rings. The van der Waals surface area contributed by atoms with Crippen LogP contribution in [-0.2, 0) is 15.8 Å². The summed E-state index contributed by atoms with van der Waals surface area (Å²) in [5, 5.41) is 12.3. The Balaban J connectivity index is 1.45. The minimum Gasteiger partial charge on any atom is -0.396 e. The van der Waals surface area contributed by atoms with E-state index in [0.29, 0.717) is 6.61 Å². The van der Waals surface area contributed by atoms with Crippen molar-refractivity contribution in [1.29, 1.82) is 0 Å². The van der Waals surface area contributed by atoms with E-state index in [2.05, 4.69) is 54.2 Å². The predicted molar refractivity (Wildman–Crippen MR) is 134 cm³/mol. The Morgan fingerprint density at radius 3 is 2.53 bits per heavy atom. The summed E-state index contributed by atoms with van der Waals surface area (Å²) in [6.45, 7) is 12.6. The van der Waals surface area contributed by atoms with E-state index >= 15 is 0 Å². The summed E-state index contributed by atoms with van der Waals surface area (Å²) < 4.78 is 6.00. The lowest BCUT2D eigenvalue weighted by molar-refractivity contribution is -0.0201. The maximum atomic E-state index is 8.94. The molecule has 1 unspecified atom stereocenters. The molecule has 32 heavy (non-hydrogen) atoms. The van der Waals surface area contributed by atoms with E-state index < -0.39 is 0 Å². The van der Waals surface area contributed by atoms with E-state index in [-0.39, 0.29) is 11.0 Å². The first kappa shape index (κ1) is 23.7. The van der Waals surface area contributed by atoms with Gasteiger partial charge in [0.1, 0.15) is 0 Å². The average molecular weight is 458 g/mol. The van der Waals surface area contributed by atoms with Crippen LogP contribution in [0.3, 0.4) is 0 Å². The molecule has 6 heteroatoms. The molecule has 0 radical (unpaired) electrons. The van der Waals surface area contributed by atoms with Gasteiger partial charge in [-0.15, -0.1) is 11.3 Å². The number of piperazine rings is 1. The molecular weight excluding hydrogens is 418 g/mol. The molecule has 1 N–H and O–H groups in total. The van der Waals surface area contributed by atoms with Crippen molar-refractivity contribution in [3.05, 3.63) is 34.7 Å². The van der Waals surface area contributed by atoms with E-state index in [1.54, 1.807) is 11.3 Å². The molecule has 1 atom stereocenters. The monoisotopic (exact) mass is 457 g/mol. The number of aromatic nitrogens is 1. The topological polar surface area (TPSA) is 48.8 Å². The van der Waals surface area contributed by atoms with Gasteiger partial charge in [-0.05, 0) is 68.2 Å². The molecule has 2 aliphatic rings. The summed E-state index contributed by atoms with van der Waals surface area (Å²) in [5.41, 5.74) is 4.93. The molecule has 1 aromatic heterocycles. The molecule has 1 saturated heterocycles. The number of benzene rings is 1. The van der Waals surface area contributed by atoms with E-state index in [4.69, 9.17) is 14.8 Å². The number of ether oxygens (including phenoxy) is 1. The molecule has 1 aliphatic heterocycles. The maximum Gasteiger partial charge on any atom is 0.185 e. The first-order valence-corrected chi connectivity index (χ1v) is 13.0. The highest BCUT2D eigenvalue weighted by Gasteiger charge is 2.40. The zero-order chi connectivity index (χ0) is 22.8. The Labute approximate surface area is 197 Å². The van der Waals surface area contributed by atoms with Gasteiger partial charge in [0.25, 0.3) is 0 Å². The first-order chi connectivity index (χ1) is 15.4. The number of nitrogens with zero attached hydrogens (tertiary/aromatic N) is 3. The minimum absolute atomic E-state index is 0.177. The zero-order valence-corrected chi connectivity index (χ0v) is 21.0. The Hall–Kier alpha value is -1.47. The zero-order valence-electron chi connectivity index (χ0n) is 20.2. The average Bonchev–Trinajstić information content (AvgIpc) is 3.30. The van der Waals surface area contributed by atoms with Crippen LogP contribution in [0.15, 0.2) is 23.6 Å². The van der Waals surface area contributed by atoms with Gasteiger partial charge < -0.3 is 14.7 Å². The number of fused-ring (bicyclic) bond motifs is 1. The quantitative estimate of drug-likeness (QED) is 0.564. The molecule has 5 nitrogen and oxygen atoms in total. The third-order valence-corrected chi connectivity index (χ3v) is 8.46. The van der Waals surface area contributed by atoms with Crippen molar-refractivity contribution in [2.24, 2.45) is 0 Å². The SMILES string of the molecule is COC1(C)CCC(C)(C)c2ccc(-c3csc(N4CCN(CCCCCO)CC4)n3)cc21. The number of anilines is 1. The number of thiazole rings is 1. The molecule has 0 amide bonds. The van der Waals surface area contributed by atoms with E-state index in [0.717, 1.165) is 69.2 Å². The highest BCUT2D eigenvalue weighted by atomic mass is 32.1. The predicted octanol–water partition coefficient (Wildman–Crippen LogP) is 5.03. The molecule has 176 valence electrons. The fraction of sp³-hybridized carbons (Fsp3) is 0.654. The van der Waals surface area contributed by atoms with Crippen LogP contribution in [0.5, 0.6) is 0 Å². The molecule has 0 bridgehead atoms. The lowest BCUT2D eigenvalue weighted by Crippen LogP contribution is -2.46. The standard InChI is InChI=1S/C26H39N3O2S/c1-25(2)10-11-26(3,31-4)22-18-20(8-9-21(22)25)23-19-32-24(27-23)29-15-13-28(14-16-29)12-6-5-7-17-30/h8-9,18-19,30H,5-7,10-17H2,1-4H3. The summed E-state index contributed by atoms with van der Waals surface area (Å²) >= 11 is 1.76. The van der Waals surface area contributed by atoms with Gasteiger partial charge in [0.15, 0.2) is 5.13 Å². The number of methoxy groups -OCH3 is 1. The van der Waals surface area contributed by atoms with Crippen molar-refractivity contribution in [3.63, 3.8) is 0 Å². The van der Waals surface area contributed by atoms with Crippen molar-refractivity contribution in [3.8, 4) is 11.3 Å². The fourth-order valence-corrected chi connectivity index (χ4v) is 5.98. The summed E-state index contributed by atoms with van der Waals surface area (Å²) in [6, 6.07) is 6.86. The normalized spacial score (nSPS) is 23.3. The van der Waals surface area contributed by atoms with Crippen LogP contribution in [0.25, 0.3) is 11.3 Å². The van der Waals surface area contributed by atoms with Crippen molar-refractivity contribution in [2.45, 2.75) is 63.9 Å². The third kappa shape index (κ3) is 4.89. The third-order valence-electron chi connectivity index (χ3n) is 7.56. The highest BCUT2D eigenvalue weighted by molar-refractivity contribution is 7.14. The van der Waals surface area contributed by atoms with Crippen LogP contribution in [0.4, 0.5) is 5.13 Å². The van der Waals surface area contributed by atoms with Gasteiger partial charge in [0.05, 0.1) is 11.3 Å². The van der Waals surface area contributed by atoms with Crippen LogP contribution < -0.4 is 4.90 Å². The van der Waals surface area contributed by atoms with Gasteiger partial charge in [-0.3, -0.25) is 4.90 Å². The first-order valence-electron chi connectivity index (χ1n) is 12.1. The lowest BCUT2D eigenvalue weighted by Gasteiger charge is -2.43. The smallest absolute Gasteiger partial charge is 0.185 e. The number of hydrogen-bond acceptors (Lipinski definition) is 6. The summed E-state index contributed by atoms with van der Waals surface area (Å²) in [5.74, 6) is 0. The Morgan fingerprint density at radius 2 is 1.81 bits per heavy atom. The van der Waals surface area contributed by atoms with Gasteiger partial charge in [-0.1, -0.05) is 26.0 Å². The summed E-state index contributed by atoms with van der Waals surface area (Å²) in [6.07, 6.45) is 5.40. The summed E-state index contributed by atoms with van der Waals surface area (Å²) in [4.78, 5) is 10.0. The molecule has 4 rings (SSSR count). The van der Waals surface area contributed by atoms with Crippen molar-refractivity contribution in [1.82, 2.24) is 9.88 Å². The Bertz CT molecular complexity index is 904. The van der Waals surface area contributed by atoms with Gasteiger partial charge in [0, 0.05) is 50.8 Å². The van der Waals surface area contributed by atoms with Crippen LogP contribution >= 0.6 is 11.3 Å². The minimum atomic E-state index is -0.229. The number of rotatable bonds is 8. The van der Waals surface area contributed by atoms with Crippen molar-refractivity contribution in [2.75, 3.05) is 51.3 Å². The second-order valence-electron chi connectivity index (χ2n) is 10.2. The number of unbranched alkanes of at least 4 members (excludes halogenated alkanes) is 2. The molecule has 1 aliphatic carbocycles. The van der Waals surface area contributed by atoms with Crippen LogP contribution in [-0.4, -0.2) is 61.4 Å². The second-order valence-corrected chi connectivity index (χ2v) is 11.0. The molecular formula is C26H39N3O2S. The summed E-state index contributed by atoms with van der Waals surface area (Å²) in [7, 11) is 1.84. The number of aliphatic hydroxyl groups excluding tert-OH is 1. The van der Waals surface area contributed by atoms with Crippen LogP contribution in [0, 0.1) is 0 Å². The molecule has 2 heterocycles. The molecule has 0 saturated carbocycles. The van der Waals surface area contributed by atoms with Crippen LogP contribution in [0.1, 0.15) is 64.0 Å². The Kier molecular flexibility index (Phi) is 7.25.